The predicted molar refractivity (Wildman–Crippen MR) is 87.4 cm³/mol. The summed E-state index contributed by atoms with van der Waals surface area (Å²) in [5, 5.41) is 3.01. The van der Waals surface area contributed by atoms with E-state index in [-0.39, 0.29) is 11.9 Å². The molecular formula is C16H23N3O3S. The molecule has 1 aromatic rings. The molecule has 0 bridgehead atoms. The third-order valence-corrected chi connectivity index (χ3v) is 6.42. The van der Waals surface area contributed by atoms with Crippen molar-refractivity contribution in [2.75, 3.05) is 26.2 Å². The average Bonchev–Trinajstić information content (AvgIpc) is 3.39. The van der Waals surface area contributed by atoms with E-state index in [2.05, 4.69) is 10.2 Å². The summed E-state index contributed by atoms with van der Waals surface area (Å²) in [6, 6.07) is 8.64. The number of amides is 1. The minimum absolute atomic E-state index is 0.0480. The molecule has 1 amide bonds. The third-order valence-electron chi connectivity index (χ3n) is 4.51. The molecule has 0 aromatic heterocycles. The fourth-order valence-electron chi connectivity index (χ4n) is 2.79. The topological polar surface area (TPSA) is 69.7 Å². The maximum absolute atomic E-state index is 12.6. The molecule has 6 nitrogen and oxygen atoms in total. The molecule has 7 heteroatoms. The van der Waals surface area contributed by atoms with Crippen LogP contribution in [0.5, 0.6) is 0 Å². The Hall–Kier alpha value is -1.44. The summed E-state index contributed by atoms with van der Waals surface area (Å²) in [6.07, 6.45) is 2.14. The molecule has 1 atom stereocenters. The van der Waals surface area contributed by atoms with E-state index in [0.29, 0.717) is 37.1 Å². The van der Waals surface area contributed by atoms with Crippen molar-refractivity contribution >= 4 is 15.9 Å². The van der Waals surface area contributed by atoms with Gasteiger partial charge in [0.1, 0.15) is 0 Å². The van der Waals surface area contributed by atoms with E-state index >= 15 is 0 Å². The van der Waals surface area contributed by atoms with Crippen LogP contribution in [0.3, 0.4) is 0 Å². The molecular weight excluding hydrogens is 314 g/mol. The number of piperazine rings is 1. The normalized spacial score (nSPS) is 21.8. The largest absolute Gasteiger partial charge is 0.352 e. The van der Waals surface area contributed by atoms with Gasteiger partial charge in [-0.3, -0.25) is 9.69 Å². The maximum atomic E-state index is 12.6. The number of hydrogen-bond donors (Lipinski definition) is 1. The zero-order valence-corrected chi connectivity index (χ0v) is 14.1. The summed E-state index contributed by atoms with van der Waals surface area (Å²) in [4.78, 5) is 14.5. The Kier molecular flexibility index (Phi) is 4.70. The van der Waals surface area contributed by atoms with E-state index < -0.39 is 10.0 Å². The first kappa shape index (κ1) is 16.4. The Bertz CT molecular complexity index is 650. The first-order chi connectivity index (χ1) is 11.0. The molecule has 3 rings (SSSR count). The Morgan fingerprint density at radius 2 is 1.74 bits per heavy atom. The van der Waals surface area contributed by atoms with Gasteiger partial charge in [0.05, 0.1) is 10.9 Å². The molecule has 1 aliphatic carbocycles. The number of hydrogen-bond acceptors (Lipinski definition) is 4. The van der Waals surface area contributed by atoms with Crippen LogP contribution in [0.1, 0.15) is 19.8 Å². The van der Waals surface area contributed by atoms with Gasteiger partial charge in [-0.05, 0) is 31.9 Å². The highest BCUT2D eigenvalue weighted by Gasteiger charge is 2.33. The van der Waals surface area contributed by atoms with Crippen LogP contribution in [-0.2, 0) is 14.8 Å². The molecule has 1 heterocycles. The zero-order valence-electron chi connectivity index (χ0n) is 13.3. The molecule has 1 aromatic carbocycles. The average molecular weight is 337 g/mol. The smallest absolute Gasteiger partial charge is 0.243 e. The highest BCUT2D eigenvalue weighted by Crippen LogP contribution is 2.20. The summed E-state index contributed by atoms with van der Waals surface area (Å²) in [7, 11) is -3.43. The summed E-state index contributed by atoms with van der Waals surface area (Å²) < 4.78 is 26.7. The lowest BCUT2D eigenvalue weighted by Crippen LogP contribution is -2.55. The van der Waals surface area contributed by atoms with Gasteiger partial charge < -0.3 is 5.32 Å². The molecule has 126 valence electrons. The molecule has 1 saturated carbocycles. The van der Waals surface area contributed by atoms with E-state index in [9.17, 15) is 13.2 Å². The fraction of sp³-hybridized carbons (Fsp3) is 0.562. The molecule has 2 fully saturated rings. The second-order valence-electron chi connectivity index (χ2n) is 6.21. The van der Waals surface area contributed by atoms with Gasteiger partial charge in [0.15, 0.2) is 0 Å². The first-order valence-electron chi connectivity index (χ1n) is 8.08. The summed E-state index contributed by atoms with van der Waals surface area (Å²) >= 11 is 0. The van der Waals surface area contributed by atoms with Crippen molar-refractivity contribution in [3.63, 3.8) is 0 Å². The second-order valence-corrected chi connectivity index (χ2v) is 8.15. The van der Waals surface area contributed by atoms with Crippen molar-refractivity contribution in [2.24, 2.45) is 0 Å². The lowest BCUT2D eigenvalue weighted by Gasteiger charge is -2.36. The minimum atomic E-state index is -3.43. The summed E-state index contributed by atoms with van der Waals surface area (Å²) in [5.41, 5.74) is 0. The summed E-state index contributed by atoms with van der Waals surface area (Å²) in [5.74, 6) is 0.0480. The van der Waals surface area contributed by atoms with Crippen molar-refractivity contribution < 1.29 is 13.2 Å². The highest BCUT2D eigenvalue weighted by atomic mass is 32.2. The van der Waals surface area contributed by atoms with Crippen molar-refractivity contribution in [1.82, 2.24) is 14.5 Å². The standard InChI is InChI=1S/C16H23N3O3S/c1-13(16(20)17-14-7-8-14)18-9-11-19(12-10-18)23(21,22)15-5-3-2-4-6-15/h2-6,13-14H,7-12H2,1H3,(H,17,20)/t13-/m1/s1. The van der Waals surface area contributed by atoms with Crippen LogP contribution in [-0.4, -0.2) is 61.8 Å². The molecule has 1 saturated heterocycles. The van der Waals surface area contributed by atoms with E-state index in [0.717, 1.165) is 12.8 Å². The van der Waals surface area contributed by atoms with Gasteiger partial charge >= 0.3 is 0 Å². The van der Waals surface area contributed by atoms with Gasteiger partial charge in [-0.2, -0.15) is 4.31 Å². The molecule has 2 aliphatic rings. The van der Waals surface area contributed by atoms with Crippen LogP contribution in [0, 0.1) is 0 Å². The molecule has 1 aliphatic heterocycles. The Morgan fingerprint density at radius 3 is 2.30 bits per heavy atom. The van der Waals surface area contributed by atoms with Crippen molar-refractivity contribution in [3.05, 3.63) is 30.3 Å². The number of benzene rings is 1. The van der Waals surface area contributed by atoms with Gasteiger partial charge in [0, 0.05) is 32.2 Å². The van der Waals surface area contributed by atoms with Crippen molar-refractivity contribution in [3.8, 4) is 0 Å². The highest BCUT2D eigenvalue weighted by molar-refractivity contribution is 7.89. The van der Waals surface area contributed by atoms with Gasteiger partial charge in [-0.1, -0.05) is 18.2 Å². The number of carbonyl (C=O) groups is 1. The lowest BCUT2D eigenvalue weighted by atomic mass is 10.2. The van der Waals surface area contributed by atoms with Crippen molar-refractivity contribution in [2.45, 2.75) is 36.7 Å². The van der Waals surface area contributed by atoms with Crippen LogP contribution >= 0.6 is 0 Å². The monoisotopic (exact) mass is 337 g/mol. The zero-order chi connectivity index (χ0) is 16.4. The number of nitrogens with zero attached hydrogens (tertiary/aromatic N) is 2. The van der Waals surface area contributed by atoms with Crippen LogP contribution in [0.2, 0.25) is 0 Å². The van der Waals surface area contributed by atoms with Crippen LogP contribution in [0.15, 0.2) is 35.2 Å². The first-order valence-corrected chi connectivity index (χ1v) is 9.52. The molecule has 0 radical (unpaired) electrons. The van der Waals surface area contributed by atoms with E-state index in [1.165, 1.54) is 4.31 Å². The number of rotatable bonds is 5. The molecule has 23 heavy (non-hydrogen) atoms. The van der Waals surface area contributed by atoms with Gasteiger partial charge in [0.2, 0.25) is 15.9 Å². The molecule has 0 spiro atoms. The van der Waals surface area contributed by atoms with E-state index in [1.54, 1.807) is 30.3 Å². The van der Waals surface area contributed by atoms with Crippen molar-refractivity contribution in [1.29, 1.82) is 0 Å². The predicted octanol–water partition coefficient (Wildman–Crippen LogP) is 0.660. The van der Waals surface area contributed by atoms with Gasteiger partial charge in [-0.15, -0.1) is 0 Å². The lowest BCUT2D eigenvalue weighted by molar-refractivity contribution is -0.126. The number of nitrogens with one attached hydrogen (secondary N) is 1. The Labute approximate surface area is 137 Å². The SMILES string of the molecule is C[C@H](C(=O)NC1CC1)N1CCN(S(=O)(=O)c2ccccc2)CC1. The fourth-order valence-corrected chi connectivity index (χ4v) is 4.23. The number of carbonyl (C=O) groups excluding carboxylic acids is 1. The molecule has 1 N–H and O–H groups in total. The van der Waals surface area contributed by atoms with Gasteiger partial charge in [0.25, 0.3) is 0 Å². The van der Waals surface area contributed by atoms with Gasteiger partial charge in [-0.25, -0.2) is 8.42 Å². The maximum Gasteiger partial charge on any atom is 0.243 e. The third kappa shape index (κ3) is 3.73. The van der Waals surface area contributed by atoms with Crippen LogP contribution in [0.25, 0.3) is 0 Å². The van der Waals surface area contributed by atoms with Crippen LogP contribution < -0.4 is 5.32 Å². The number of sulfonamides is 1. The molecule has 0 unspecified atom stereocenters. The quantitative estimate of drug-likeness (QED) is 0.857. The minimum Gasteiger partial charge on any atom is -0.352 e. The second kappa shape index (κ2) is 6.59. The van der Waals surface area contributed by atoms with E-state index in [1.807, 2.05) is 6.92 Å². The Morgan fingerprint density at radius 1 is 1.13 bits per heavy atom. The summed E-state index contributed by atoms with van der Waals surface area (Å²) in [6.45, 7) is 3.87. The Balaban J connectivity index is 1.58. The van der Waals surface area contributed by atoms with Crippen LogP contribution in [0.4, 0.5) is 0 Å². The van der Waals surface area contributed by atoms with E-state index in [4.69, 9.17) is 0 Å².